The minimum atomic E-state index is -1.17. The van der Waals surface area contributed by atoms with Crippen LogP contribution >= 0.6 is 23.1 Å². The topological polar surface area (TPSA) is 158 Å². The van der Waals surface area contributed by atoms with Crippen molar-refractivity contribution >= 4 is 52.8 Å². The quantitative estimate of drug-likeness (QED) is 0.156. The van der Waals surface area contributed by atoms with E-state index in [-0.39, 0.29) is 47.6 Å². The number of nitrogens with one attached hydrogen (secondary N) is 2. The molecule has 1 aliphatic heterocycles. The van der Waals surface area contributed by atoms with Gasteiger partial charge in [-0.2, -0.15) is 0 Å². The van der Waals surface area contributed by atoms with Crippen molar-refractivity contribution in [2.24, 2.45) is 11.8 Å². The van der Waals surface area contributed by atoms with E-state index in [1.165, 1.54) is 24.1 Å². The number of hydrogen-bond donors (Lipinski definition) is 3. The van der Waals surface area contributed by atoms with Gasteiger partial charge < -0.3 is 25.4 Å². The lowest BCUT2D eigenvalue weighted by molar-refractivity contribution is -0.149. The molecule has 2 aromatic rings. The largest absolute Gasteiger partial charge is 0.480 e. The van der Waals surface area contributed by atoms with Gasteiger partial charge >= 0.3 is 11.9 Å². The number of amides is 3. The molecule has 1 fully saturated rings. The number of hydrogen-bond acceptors (Lipinski definition) is 10. The number of nitrogens with zero attached hydrogens (tertiary/aromatic N) is 3. The molecule has 1 aliphatic rings. The Morgan fingerprint density at radius 1 is 1.12 bits per heavy atom. The highest BCUT2D eigenvalue weighted by molar-refractivity contribution is 7.99. The van der Waals surface area contributed by atoms with Crippen LogP contribution in [-0.4, -0.2) is 100 Å². The van der Waals surface area contributed by atoms with Crippen LogP contribution in [0.25, 0.3) is 0 Å². The number of likely N-dealkylation sites (N-methyl/N-ethyl adjacent to an activating group) is 2. The first-order chi connectivity index (χ1) is 23.2. The van der Waals surface area contributed by atoms with E-state index < -0.39 is 42.1 Å². The third-order valence-electron chi connectivity index (χ3n) is 9.02. The second kappa shape index (κ2) is 19.0. The Morgan fingerprint density at radius 3 is 2.41 bits per heavy atom. The molecule has 3 N–H and O–H groups in total. The van der Waals surface area contributed by atoms with E-state index in [1.807, 2.05) is 70.0 Å². The number of carboxylic acid groups (broad SMARTS) is 1. The molecule has 49 heavy (non-hydrogen) atoms. The highest BCUT2D eigenvalue weighted by Crippen LogP contribution is 2.31. The fourth-order valence-corrected chi connectivity index (χ4v) is 7.64. The van der Waals surface area contributed by atoms with Crippen LogP contribution in [0.4, 0.5) is 0 Å². The smallest absolute Gasteiger partial charge is 0.327 e. The SMILES string of the molecule is CC[C@H](C)[C@H](NC(=O)[C@H]1CCCCN1C)C(=O)N(C)[C@H](C[C@@H](OC(C)=O)c1nc(C(=O)N[C@@H](CSc2ccccc2)C(=O)O)cs1)C(C)C. The zero-order valence-corrected chi connectivity index (χ0v) is 31.1. The number of esters is 1. The van der Waals surface area contributed by atoms with E-state index in [0.29, 0.717) is 11.4 Å². The molecule has 0 unspecified atom stereocenters. The maximum Gasteiger partial charge on any atom is 0.327 e. The van der Waals surface area contributed by atoms with Crippen molar-refractivity contribution in [1.29, 1.82) is 0 Å². The summed E-state index contributed by atoms with van der Waals surface area (Å²) in [4.78, 5) is 73.7. The zero-order valence-electron chi connectivity index (χ0n) is 29.5. The predicted octanol–water partition coefficient (Wildman–Crippen LogP) is 4.61. The lowest BCUT2D eigenvalue weighted by atomic mass is 9.92. The Kier molecular flexibility index (Phi) is 15.5. The number of thiazole rings is 1. The minimum Gasteiger partial charge on any atom is -0.480 e. The molecule has 3 amide bonds. The van der Waals surface area contributed by atoms with Gasteiger partial charge in [-0.15, -0.1) is 23.1 Å². The Labute approximate surface area is 297 Å². The molecule has 1 aromatic carbocycles. The Bertz CT molecular complexity index is 1420. The van der Waals surface area contributed by atoms with Crippen molar-refractivity contribution in [2.45, 2.75) is 102 Å². The second-order valence-electron chi connectivity index (χ2n) is 13.0. The minimum absolute atomic E-state index is 0.00543. The molecule has 0 radical (unpaired) electrons. The monoisotopic (exact) mass is 717 g/mol. The summed E-state index contributed by atoms with van der Waals surface area (Å²) in [6.07, 6.45) is 2.76. The lowest BCUT2D eigenvalue weighted by Crippen LogP contribution is -2.58. The fourth-order valence-electron chi connectivity index (χ4n) is 5.86. The first kappa shape index (κ1) is 39.9. The molecular weight excluding hydrogens is 667 g/mol. The van der Waals surface area contributed by atoms with Crippen molar-refractivity contribution in [3.8, 4) is 0 Å². The number of aromatic nitrogens is 1. The molecule has 270 valence electrons. The maximum atomic E-state index is 14.1. The van der Waals surface area contributed by atoms with E-state index in [2.05, 4.69) is 15.6 Å². The molecule has 2 heterocycles. The number of carbonyl (C=O) groups excluding carboxylic acids is 4. The molecule has 0 spiro atoms. The molecular formula is C35H51N5O7S2. The van der Waals surface area contributed by atoms with Gasteiger partial charge in [0, 0.05) is 42.5 Å². The van der Waals surface area contributed by atoms with Gasteiger partial charge in [-0.25, -0.2) is 9.78 Å². The Hall–Kier alpha value is -3.49. The van der Waals surface area contributed by atoms with Gasteiger partial charge in [-0.1, -0.05) is 58.7 Å². The third-order valence-corrected chi connectivity index (χ3v) is 11.1. The van der Waals surface area contributed by atoms with Crippen molar-refractivity contribution in [2.75, 3.05) is 26.4 Å². The van der Waals surface area contributed by atoms with Crippen LogP contribution < -0.4 is 10.6 Å². The van der Waals surface area contributed by atoms with Gasteiger partial charge in [-0.3, -0.25) is 24.1 Å². The van der Waals surface area contributed by atoms with Gasteiger partial charge in [-0.05, 0) is 50.4 Å². The number of thioether (sulfide) groups is 1. The van der Waals surface area contributed by atoms with Gasteiger partial charge in [0.1, 0.15) is 22.8 Å². The number of aliphatic carboxylic acids is 1. The number of carboxylic acids is 1. The Balaban J connectivity index is 1.77. The average Bonchev–Trinajstić information content (AvgIpc) is 3.57. The van der Waals surface area contributed by atoms with Crippen LogP contribution in [0.15, 0.2) is 40.6 Å². The molecule has 14 heteroatoms. The number of piperidine rings is 1. The van der Waals surface area contributed by atoms with Gasteiger partial charge in [0.25, 0.3) is 5.91 Å². The van der Waals surface area contributed by atoms with Gasteiger partial charge in [0.05, 0.1) is 6.04 Å². The molecule has 1 aromatic heterocycles. The first-order valence-corrected chi connectivity index (χ1v) is 18.7. The number of likely N-dealkylation sites (tertiary alicyclic amines) is 1. The van der Waals surface area contributed by atoms with E-state index in [9.17, 15) is 29.1 Å². The van der Waals surface area contributed by atoms with Crippen LogP contribution in [0.2, 0.25) is 0 Å². The zero-order chi connectivity index (χ0) is 36.2. The summed E-state index contributed by atoms with van der Waals surface area (Å²) in [5.74, 6) is -2.82. The Morgan fingerprint density at radius 2 is 1.82 bits per heavy atom. The summed E-state index contributed by atoms with van der Waals surface area (Å²) < 4.78 is 5.70. The van der Waals surface area contributed by atoms with E-state index in [0.717, 1.165) is 42.0 Å². The van der Waals surface area contributed by atoms with Crippen molar-refractivity contribution < 1.29 is 33.8 Å². The van der Waals surface area contributed by atoms with Crippen molar-refractivity contribution in [1.82, 2.24) is 25.4 Å². The van der Waals surface area contributed by atoms with Crippen LogP contribution in [-0.2, 0) is 23.9 Å². The standard InChI is InChI=1S/C35H51N5O7S2/c1-8-22(4)30(38-32(43)27-16-12-13-17-39(27)6)34(44)40(7)28(21(2)3)18-29(47-23(5)41)33-37-25(19-49-33)31(42)36-26(35(45)46)20-48-24-14-10-9-11-15-24/h9-11,14-15,19,21-22,26-30H,8,12-13,16-18,20H2,1-7H3,(H,36,42)(H,38,43)(H,45,46)/t22-,26-,27+,28+,29+,30-/m0/s1. The van der Waals surface area contributed by atoms with E-state index >= 15 is 0 Å². The molecule has 0 bridgehead atoms. The first-order valence-electron chi connectivity index (χ1n) is 16.8. The van der Waals surface area contributed by atoms with Crippen LogP contribution in [0.3, 0.4) is 0 Å². The molecule has 3 rings (SSSR count). The summed E-state index contributed by atoms with van der Waals surface area (Å²) in [6.45, 7) is 9.98. The summed E-state index contributed by atoms with van der Waals surface area (Å²) in [7, 11) is 3.63. The van der Waals surface area contributed by atoms with Crippen LogP contribution in [0.5, 0.6) is 0 Å². The number of ether oxygens (including phenoxy) is 1. The number of carbonyl (C=O) groups is 5. The number of rotatable bonds is 17. The van der Waals surface area contributed by atoms with Crippen molar-refractivity contribution in [3.05, 3.63) is 46.4 Å². The second-order valence-corrected chi connectivity index (χ2v) is 15.0. The van der Waals surface area contributed by atoms with Gasteiger partial charge in [0.2, 0.25) is 11.8 Å². The lowest BCUT2D eigenvalue weighted by Gasteiger charge is -2.38. The fraction of sp³-hybridized carbons (Fsp3) is 0.600. The summed E-state index contributed by atoms with van der Waals surface area (Å²) >= 11 is 2.43. The summed E-state index contributed by atoms with van der Waals surface area (Å²) in [6, 6.07) is 6.70. The normalized spacial score (nSPS) is 18.1. The highest BCUT2D eigenvalue weighted by atomic mass is 32.2. The van der Waals surface area contributed by atoms with Crippen LogP contribution in [0.1, 0.15) is 88.3 Å². The summed E-state index contributed by atoms with van der Waals surface area (Å²) in [5, 5.41) is 17.2. The molecule has 0 saturated carbocycles. The van der Waals surface area contributed by atoms with E-state index in [1.54, 1.807) is 11.9 Å². The molecule has 6 atom stereocenters. The van der Waals surface area contributed by atoms with Crippen LogP contribution in [0, 0.1) is 11.8 Å². The average molecular weight is 718 g/mol. The molecule has 0 aliphatic carbocycles. The molecule has 12 nitrogen and oxygen atoms in total. The highest BCUT2D eigenvalue weighted by Gasteiger charge is 2.37. The van der Waals surface area contributed by atoms with Crippen molar-refractivity contribution in [3.63, 3.8) is 0 Å². The van der Waals surface area contributed by atoms with Gasteiger partial charge in [0.15, 0.2) is 6.10 Å². The predicted molar refractivity (Wildman–Crippen MR) is 190 cm³/mol. The molecule has 1 saturated heterocycles. The summed E-state index contributed by atoms with van der Waals surface area (Å²) in [5.41, 5.74) is 0.00543. The maximum absolute atomic E-state index is 14.1. The third kappa shape index (κ3) is 11.5. The number of benzene rings is 1. The van der Waals surface area contributed by atoms with E-state index in [4.69, 9.17) is 4.74 Å².